The molecule has 7 heteroatoms. The van der Waals surface area contributed by atoms with Crippen LogP contribution in [0.5, 0.6) is 0 Å². The summed E-state index contributed by atoms with van der Waals surface area (Å²) in [6.45, 7) is 0. The first-order chi connectivity index (χ1) is 8.56. The van der Waals surface area contributed by atoms with Gasteiger partial charge in [-0.25, -0.2) is 4.98 Å². The van der Waals surface area contributed by atoms with Crippen LogP contribution in [0.25, 0.3) is 0 Å². The first-order valence-corrected chi connectivity index (χ1v) is 5.39. The van der Waals surface area contributed by atoms with Gasteiger partial charge in [-0.2, -0.15) is 0 Å². The van der Waals surface area contributed by atoms with Gasteiger partial charge in [-0.3, -0.25) is 14.6 Å². The third kappa shape index (κ3) is 2.72. The molecule has 0 aliphatic rings. The summed E-state index contributed by atoms with van der Waals surface area (Å²) in [6, 6.07) is 2.87. The van der Waals surface area contributed by atoms with Crippen molar-refractivity contribution in [1.82, 2.24) is 14.5 Å². The first kappa shape index (κ1) is 12.3. The molecule has 0 fully saturated rings. The third-order valence-electron chi connectivity index (χ3n) is 2.18. The molecule has 0 saturated carbocycles. The van der Waals surface area contributed by atoms with Crippen LogP contribution in [0.3, 0.4) is 0 Å². The van der Waals surface area contributed by atoms with Crippen LogP contribution in [-0.4, -0.2) is 20.4 Å². The standard InChI is InChI=1S/C11H9ClN4O2/c1-16-6-7(2-3-10(16)17)14-11(18)8-4-13-5-9(12)15-8/h2-6H,1H3,(H,14,18). The molecular formula is C11H9ClN4O2. The molecule has 18 heavy (non-hydrogen) atoms. The Bertz CT molecular complexity index is 653. The minimum atomic E-state index is -0.441. The molecule has 0 aliphatic carbocycles. The molecular weight excluding hydrogens is 256 g/mol. The number of amides is 1. The lowest BCUT2D eigenvalue weighted by atomic mass is 10.3. The van der Waals surface area contributed by atoms with E-state index in [0.29, 0.717) is 5.69 Å². The predicted octanol–water partition coefficient (Wildman–Crippen LogP) is 1.08. The fourth-order valence-electron chi connectivity index (χ4n) is 1.31. The zero-order chi connectivity index (χ0) is 13.1. The normalized spacial score (nSPS) is 10.1. The van der Waals surface area contributed by atoms with Gasteiger partial charge in [0.25, 0.3) is 5.91 Å². The van der Waals surface area contributed by atoms with Crippen LogP contribution in [0.2, 0.25) is 5.15 Å². The van der Waals surface area contributed by atoms with Crippen LogP contribution in [0.4, 0.5) is 5.69 Å². The number of halogens is 1. The zero-order valence-electron chi connectivity index (χ0n) is 9.42. The Hall–Kier alpha value is -2.21. The molecule has 0 spiro atoms. The van der Waals surface area contributed by atoms with Gasteiger partial charge in [-0.15, -0.1) is 0 Å². The second kappa shape index (κ2) is 4.97. The van der Waals surface area contributed by atoms with Crippen molar-refractivity contribution in [3.63, 3.8) is 0 Å². The topological polar surface area (TPSA) is 76.9 Å². The number of carbonyl (C=O) groups is 1. The summed E-state index contributed by atoms with van der Waals surface area (Å²) < 4.78 is 1.36. The van der Waals surface area contributed by atoms with Crippen molar-refractivity contribution in [1.29, 1.82) is 0 Å². The Kier molecular flexibility index (Phi) is 3.38. The van der Waals surface area contributed by atoms with Gasteiger partial charge in [0.2, 0.25) is 5.56 Å². The molecule has 0 saturated heterocycles. The lowest BCUT2D eigenvalue weighted by molar-refractivity contribution is 0.102. The van der Waals surface area contributed by atoms with Gasteiger partial charge in [0.05, 0.1) is 18.1 Å². The molecule has 0 aromatic carbocycles. The molecule has 0 bridgehead atoms. The van der Waals surface area contributed by atoms with Crippen molar-refractivity contribution < 1.29 is 4.79 Å². The third-order valence-corrected chi connectivity index (χ3v) is 2.36. The Labute approximate surface area is 107 Å². The Morgan fingerprint density at radius 3 is 2.83 bits per heavy atom. The molecule has 2 aromatic heterocycles. The smallest absolute Gasteiger partial charge is 0.275 e. The van der Waals surface area contributed by atoms with E-state index in [1.165, 1.54) is 35.3 Å². The minimum Gasteiger partial charge on any atom is -0.319 e. The van der Waals surface area contributed by atoms with E-state index in [2.05, 4.69) is 15.3 Å². The predicted molar refractivity (Wildman–Crippen MR) is 66.7 cm³/mol. The second-order valence-electron chi connectivity index (χ2n) is 3.55. The molecule has 2 heterocycles. The Morgan fingerprint density at radius 2 is 2.17 bits per heavy atom. The van der Waals surface area contributed by atoms with E-state index in [9.17, 15) is 9.59 Å². The van der Waals surface area contributed by atoms with Crippen LogP contribution in [0, 0.1) is 0 Å². The number of nitrogens with one attached hydrogen (secondary N) is 1. The number of rotatable bonds is 2. The van der Waals surface area contributed by atoms with Crippen LogP contribution < -0.4 is 10.9 Å². The second-order valence-corrected chi connectivity index (χ2v) is 3.94. The van der Waals surface area contributed by atoms with E-state index in [4.69, 9.17) is 11.6 Å². The number of pyridine rings is 1. The van der Waals surface area contributed by atoms with E-state index < -0.39 is 5.91 Å². The molecule has 0 radical (unpaired) electrons. The van der Waals surface area contributed by atoms with Crippen LogP contribution in [0.15, 0.2) is 35.5 Å². The average molecular weight is 265 g/mol. The highest BCUT2D eigenvalue weighted by Crippen LogP contribution is 2.07. The number of aryl methyl sites for hydroxylation is 1. The van der Waals surface area contributed by atoms with Gasteiger partial charge in [0, 0.05) is 19.3 Å². The highest BCUT2D eigenvalue weighted by Gasteiger charge is 2.09. The summed E-state index contributed by atoms with van der Waals surface area (Å²) in [4.78, 5) is 30.6. The van der Waals surface area contributed by atoms with E-state index in [-0.39, 0.29) is 16.4 Å². The number of anilines is 1. The lowest BCUT2D eigenvalue weighted by Gasteiger charge is -2.05. The van der Waals surface area contributed by atoms with Gasteiger partial charge in [-0.1, -0.05) is 11.6 Å². The molecule has 0 atom stereocenters. The Morgan fingerprint density at radius 1 is 1.39 bits per heavy atom. The summed E-state index contributed by atoms with van der Waals surface area (Å²) in [5.41, 5.74) is 0.441. The number of nitrogens with zero attached hydrogens (tertiary/aromatic N) is 3. The fraction of sp³-hybridized carbons (Fsp3) is 0.0909. The Balaban J connectivity index is 2.21. The van der Waals surface area contributed by atoms with Crippen molar-refractivity contribution >= 4 is 23.2 Å². The van der Waals surface area contributed by atoms with Crippen molar-refractivity contribution in [3.8, 4) is 0 Å². The quantitative estimate of drug-likeness (QED) is 0.881. The largest absolute Gasteiger partial charge is 0.319 e. The van der Waals surface area contributed by atoms with Crippen molar-refractivity contribution in [2.24, 2.45) is 7.05 Å². The summed E-state index contributed by atoms with van der Waals surface area (Å²) in [7, 11) is 1.59. The molecule has 1 N–H and O–H groups in total. The maximum atomic E-state index is 11.8. The number of aromatic nitrogens is 3. The van der Waals surface area contributed by atoms with Crippen LogP contribution in [-0.2, 0) is 7.05 Å². The van der Waals surface area contributed by atoms with Gasteiger partial charge in [0.1, 0.15) is 10.8 Å². The minimum absolute atomic E-state index is 0.108. The van der Waals surface area contributed by atoms with E-state index in [0.717, 1.165) is 0 Å². The van der Waals surface area contributed by atoms with Gasteiger partial charge in [-0.05, 0) is 6.07 Å². The highest BCUT2D eigenvalue weighted by molar-refractivity contribution is 6.29. The maximum Gasteiger partial charge on any atom is 0.275 e. The van der Waals surface area contributed by atoms with E-state index >= 15 is 0 Å². The summed E-state index contributed by atoms with van der Waals surface area (Å²) >= 11 is 5.64. The highest BCUT2D eigenvalue weighted by atomic mass is 35.5. The van der Waals surface area contributed by atoms with Crippen molar-refractivity contribution in [2.45, 2.75) is 0 Å². The number of hydrogen-bond donors (Lipinski definition) is 1. The zero-order valence-corrected chi connectivity index (χ0v) is 10.2. The molecule has 92 valence electrons. The fourth-order valence-corrected chi connectivity index (χ4v) is 1.46. The molecule has 2 aromatic rings. The lowest BCUT2D eigenvalue weighted by Crippen LogP contribution is -2.18. The first-order valence-electron chi connectivity index (χ1n) is 5.02. The van der Waals surface area contributed by atoms with Crippen LogP contribution >= 0.6 is 11.6 Å². The van der Waals surface area contributed by atoms with Gasteiger partial charge in [0.15, 0.2) is 0 Å². The molecule has 0 aliphatic heterocycles. The molecule has 1 amide bonds. The van der Waals surface area contributed by atoms with Crippen molar-refractivity contribution in [2.75, 3.05) is 5.32 Å². The molecule has 6 nitrogen and oxygen atoms in total. The van der Waals surface area contributed by atoms with Gasteiger partial charge < -0.3 is 9.88 Å². The van der Waals surface area contributed by atoms with Crippen molar-refractivity contribution in [3.05, 3.63) is 51.9 Å². The summed E-state index contributed by atoms with van der Waals surface area (Å²) in [5, 5.41) is 2.74. The summed E-state index contributed by atoms with van der Waals surface area (Å²) in [5.74, 6) is -0.441. The monoisotopic (exact) mass is 264 g/mol. The van der Waals surface area contributed by atoms with Crippen LogP contribution in [0.1, 0.15) is 10.5 Å². The molecule has 0 unspecified atom stereocenters. The average Bonchev–Trinajstić information content (AvgIpc) is 2.34. The van der Waals surface area contributed by atoms with E-state index in [1.54, 1.807) is 7.05 Å². The number of carbonyl (C=O) groups excluding carboxylic acids is 1. The van der Waals surface area contributed by atoms with Gasteiger partial charge >= 0.3 is 0 Å². The number of hydrogen-bond acceptors (Lipinski definition) is 4. The maximum absolute atomic E-state index is 11.8. The van der Waals surface area contributed by atoms with E-state index in [1.807, 2.05) is 0 Å². The molecule has 2 rings (SSSR count). The SMILES string of the molecule is Cn1cc(NC(=O)c2cncc(Cl)n2)ccc1=O. The summed E-state index contributed by atoms with van der Waals surface area (Å²) in [6.07, 6.45) is 4.16.